The Bertz CT molecular complexity index is 212. The third-order valence-electron chi connectivity index (χ3n) is 2.07. The average molecular weight is 219 g/mol. The normalized spacial score (nSPS) is 22.1. The van der Waals surface area contributed by atoms with Crippen LogP contribution in [-0.4, -0.2) is 54.2 Å². The minimum atomic E-state index is -1.82. The number of carboxylic acids is 2. The highest BCUT2D eigenvalue weighted by atomic mass is 16.7. The molecule has 2 aliphatic rings. The molecular formula is C8H13NO6. The van der Waals surface area contributed by atoms with Crippen LogP contribution in [0, 0.1) is 0 Å². The van der Waals surface area contributed by atoms with E-state index in [1.165, 1.54) is 0 Å². The molecule has 2 saturated heterocycles. The van der Waals surface area contributed by atoms with Crippen LogP contribution < -0.4 is 5.32 Å². The molecule has 3 N–H and O–H groups in total. The third-order valence-corrected chi connectivity index (χ3v) is 2.07. The second-order valence-corrected chi connectivity index (χ2v) is 3.14. The largest absolute Gasteiger partial charge is 0.473 e. The van der Waals surface area contributed by atoms with E-state index < -0.39 is 11.9 Å². The van der Waals surface area contributed by atoms with Crippen LogP contribution in [0.1, 0.15) is 6.42 Å². The molecule has 15 heavy (non-hydrogen) atoms. The second-order valence-electron chi connectivity index (χ2n) is 3.14. The number of ether oxygens (including phenoxy) is 2. The van der Waals surface area contributed by atoms with Gasteiger partial charge in [-0.3, -0.25) is 0 Å². The lowest BCUT2D eigenvalue weighted by atomic mass is 10.2. The molecule has 0 radical (unpaired) electrons. The topological polar surface area (TPSA) is 105 Å². The SMILES string of the molecule is C1CC2(CN1)OCCO2.O=C(O)C(=O)O. The highest BCUT2D eigenvalue weighted by molar-refractivity contribution is 6.27. The van der Waals surface area contributed by atoms with E-state index in [1.807, 2.05) is 0 Å². The summed E-state index contributed by atoms with van der Waals surface area (Å²) < 4.78 is 10.8. The van der Waals surface area contributed by atoms with E-state index in [0.29, 0.717) is 0 Å². The first-order chi connectivity index (χ1) is 7.06. The monoisotopic (exact) mass is 219 g/mol. The molecule has 2 heterocycles. The molecule has 2 aliphatic heterocycles. The van der Waals surface area contributed by atoms with Crippen LogP contribution >= 0.6 is 0 Å². The van der Waals surface area contributed by atoms with Crippen molar-refractivity contribution in [1.82, 2.24) is 5.32 Å². The Morgan fingerprint density at radius 3 is 2.00 bits per heavy atom. The van der Waals surface area contributed by atoms with Gasteiger partial charge in [0, 0.05) is 19.5 Å². The van der Waals surface area contributed by atoms with Gasteiger partial charge in [-0.15, -0.1) is 0 Å². The maximum Gasteiger partial charge on any atom is 0.414 e. The smallest absolute Gasteiger partial charge is 0.414 e. The summed E-state index contributed by atoms with van der Waals surface area (Å²) in [7, 11) is 0. The Morgan fingerprint density at radius 2 is 1.67 bits per heavy atom. The predicted molar refractivity (Wildman–Crippen MR) is 47.4 cm³/mol. The quantitative estimate of drug-likeness (QED) is 0.443. The molecule has 0 aromatic rings. The van der Waals surface area contributed by atoms with Gasteiger partial charge in [-0.1, -0.05) is 0 Å². The van der Waals surface area contributed by atoms with Crippen LogP contribution in [0.25, 0.3) is 0 Å². The lowest BCUT2D eigenvalue weighted by Crippen LogP contribution is -2.32. The Morgan fingerprint density at radius 1 is 1.13 bits per heavy atom. The number of hydrogen-bond acceptors (Lipinski definition) is 5. The maximum atomic E-state index is 9.10. The van der Waals surface area contributed by atoms with Crippen molar-refractivity contribution in [3.63, 3.8) is 0 Å². The number of aliphatic carboxylic acids is 2. The van der Waals surface area contributed by atoms with Gasteiger partial charge < -0.3 is 25.0 Å². The lowest BCUT2D eigenvalue weighted by Gasteiger charge is -2.18. The van der Waals surface area contributed by atoms with Crippen LogP contribution in [-0.2, 0) is 19.1 Å². The molecule has 2 rings (SSSR count). The Hall–Kier alpha value is -1.18. The Balaban J connectivity index is 0.000000167. The molecule has 0 aromatic carbocycles. The molecule has 7 heteroatoms. The van der Waals surface area contributed by atoms with Crippen LogP contribution in [0.4, 0.5) is 0 Å². The number of rotatable bonds is 0. The van der Waals surface area contributed by atoms with Crippen molar-refractivity contribution in [2.75, 3.05) is 26.3 Å². The molecule has 1 spiro atoms. The zero-order chi connectivity index (χ0) is 11.3. The summed E-state index contributed by atoms with van der Waals surface area (Å²) in [6.07, 6.45) is 1.01. The summed E-state index contributed by atoms with van der Waals surface area (Å²) >= 11 is 0. The first-order valence-corrected chi connectivity index (χ1v) is 4.51. The molecule has 0 amide bonds. The van der Waals surface area contributed by atoms with Gasteiger partial charge in [-0.05, 0) is 0 Å². The molecule has 0 saturated carbocycles. The highest BCUT2D eigenvalue weighted by Gasteiger charge is 2.39. The first kappa shape index (κ1) is 11.9. The van der Waals surface area contributed by atoms with Crippen molar-refractivity contribution in [3.05, 3.63) is 0 Å². The number of nitrogens with one attached hydrogen (secondary N) is 1. The molecule has 0 aromatic heterocycles. The Kier molecular flexibility index (Phi) is 4.01. The van der Waals surface area contributed by atoms with Gasteiger partial charge in [-0.25, -0.2) is 9.59 Å². The zero-order valence-electron chi connectivity index (χ0n) is 8.06. The fraction of sp³-hybridized carbons (Fsp3) is 0.750. The van der Waals surface area contributed by atoms with Gasteiger partial charge in [0.05, 0.1) is 13.2 Å². The van der Waals surface area contributed by atoms with Gasteiger partial charge >= 0.3 is 11.9 Å². The van der Waals surface area contributed by atoms with E-state index >= 15 is 0 Å². The summed E-state index contributed by atoms with van der Waals surface area (Å²) in [6.45, 7) is 3.43. The van der Waals surface area contributed by atoms with E-state index in [2.05, 4.69) is 5.32 Å². The first-order valence-electron chi connectivity index (χ1n) is 4.51. The summed E-state index contributed by atoms with van der Waals surface area (Å²) in [4.78, 5) is 18.2. The van der Waals surface area contributed by atoms with Crippen LogP contribution in [0.5, 0.6) is 0 Å². The molecule has 0 atom stereocenters. The highest BCUT2D eigenvalue weighted by Crippen LogP contribution is 2.25. The van der Waals surface area contributed by atoms with Crippen molar-refractivity contribution in [2.24, 2.45) is 0 Å². The average Bonchev–Trinajstić information content (AvgIpc) is 2.81. The lowest BCUT2D eigenvalue weighted by molar-refractivity contribution is -0.159. The third kappa shape index (κ3) is 3.46. The molecule has 0 unspecified atom stereocenters. The summed E-state index contributed by atoms with van der Waals surface area (Å²) in [5.41, 5.74) is 0. The molecular weight excluding hydrogens is 206 g/mol. The van der Waals surface area contributed by atoms with Gasteiger partial charge in [0.2, 0.25) is 0 Å². The van der Waals surface area contributed by atoms with Crippen molar-refractivity contribution >= 4 is 11.9 Å². The van der Waals surface area contributed by atoms with Crippen LogP contribution in [0.3, 0.4) is 0 Å². The fourth-order valence-corrected chi connectivity index (χ4v) is 1.39. The molecule has 7 nitrogen and oxygen atoms in total. The molecule has 2 fully saturated rings. The molecule has 86 valence electrons. The van der Waals surface area contributed by atoms with Crippen LogP contribution in [0.15, 0.2) is 0 Å². The number of carbonyl (C=O) groups is 2. The fourth-order valence-electron chi connectivity index (χ4n) is 1.39. The molecule has 0 bridgehead atoms. The van der Waals surface area contributed by atoms with Crippen molar-refractivity contribution in [1.29, 1.82) is 0 Å². The minimum absolute atomic E-state index is 0.222. The van der Waals surface area contributed by atoms with E-state index in [0.717, 1.165) is 32.7 Å². The summed E-state index contributed by atoms with van der Waals surface area (Å²) in [5.74, 6) is -3.87. The zero-order valence-corrected chi connectivity index (χ0v) is 8.06. The van der Waals surface area contributed by atoms with E-state index in [9.17, 15) is 0 Å². The van der Waals surface area contributed by atoms with E-state index in [-0.39, 0.29) is 5.79 Å². The van der Waals surface area contributed by atoms with Crippen molar-refractivity contribution in [3.8, 4) is 0 Å². The molecule has 0 aliphatic carbocycles. The number of hydrogen-bond donors (Lipinski definition) is 3. The van der Waals surface area contributed by atoms with Gasteiger partial charge in [0.25, 0.3) is 0 Å². The van der Waals surface area contributed by atoms with Crippen LogP contribution in [0.2, 0.25) is 0 Å². The second kappa shape index (κ2) is 5.06. The summed E-state index contributed by atoms with van der Waals surface area (Å²) in [5, 5.41) is 18.0. The number of carboxylic acid groups (broad SMARTS) is 2. The van der Waals surface area contributed by atoms with E-state index in [1.54, 1.807) is 0 Å². The maximum absolute atomic E-state index is 9.10. The van der Waals surface area contributed by atoms with Gasteiger partial charge in [-0.2, -0.15) is 0 Å². The summed E-state index contributed by atoms with van der Waals surface area (Å²) in [6, 6.07) is 0. The van der Waals surface area contributed by atoms with E-state index in [4.69, 9.17) is 29.3 Å². The minimum Gasteiger partial charge on any atom is -0.473 e. The van der Waals surface area contributed by atoms with Crippen molar-refractivity contribution < 1.29 is 29.3 Å². The predicted octanol–water partition coefficient (Wildman–Crippen LogP) is -1.12. The standard InChI is InChI=1S/C6H11NO2.C2H2O4/c1-2-7-5-6(1)8-3-4-9-6;3-1(4)2(5)6/h7H,1-5H2;(H,3,4)(H,5,6). The van der Waals surface area contributed by atoms with Crippen molar-refractivity contribution in [2.45, 2.75) is 12.2 Å². The Labute approximate surface area is 86.0 Å². The van der Waals surface area contributed by atoms with Gasteiger partial charge in [0.1, 0.15) is 0 Å². The van der Waals surface area contributed by atoms with Gasteiger partial charge in [0.15, 0.2) is 5.79 Å².